The average molecular weight is 393 g/mol. The molecule has 0 fully saturated rings. The molecule has 1 amide bonds. The van der Waals surface area contributed by atoms with Crippen molar-refractivity contribution < 1.29 is 18.7 Å². The molecule has 3 rings (SSSR count). The summed E-state index contributed by atoms with van der Waals surface area (Å²) in [4.78, 5) is 16.8. The first kappa shape index (κ1) is 19.2. The Hall–Kier alpha value is -2.55. The van der Waals surface area contributed by atoms with E-state index >= 15 is 0 Å². The molecular weight excluding hydrogens is 375 g/mol. The molecule has 0 aliphatic heterocycles. The Morgan fingerprint density at radius 1 is 1.30 bits per heavy atom. The first-order valence-corrected chi connectivity index (χ1v) is 8.47. The molecule has 0 spiro atoms. The van der Waals surface area contributed by atoms with Crippen LogP contribution in [0.4, 0.5) is 4.39 Å². The minimum absolute atomic E-state index is 0.161. The molecule has 3 aromatic rings. The lowest BCUT2D eigenvalue weighted by molar-refractivity contribution is -0.0974. The van der Waals surface area contributed by atoms with Crippen molar-refractivity contribution in [2.75, 3.05) is 20.8 Å². The Bertz CT molecular complexity index is 971. The van der Waals surface area contributed by atoms with Gasteiger partial charge in [0.15, 0.2) is 11.9 Å². The van der Waals surface area contributed by atoms with Gasteiger partial charge in [-0.3, -0.25) is 4.79 Å². The normalized spacial score (nSPS) is 11.3. The number of carbonyl (C=O) groups excluding carboxylic acids is 1. The molecule has 142 valence electrons. The molecule has 0 aliphatic rings. The molecule has 1 N–H and O–H groups in total. The number of carbonyl (C=O) groups is 1. The van der Waals surface area contributed by atoms with Crippen LogP contribution in [-0.4, -0.2) is 47.7 Å². The van der Waals surface area contributed by atoms with Crippen molar-refractivity contribution in [3.05, 3.63) is 52.6 Å². The van der Waals surface area contributed by atoms with Crippen molar-refractivity contribution in [3.8, 4) is 5.69 Å². The zero-order chi connectivity index (χ0) is 19.6. The number of amides is 1. The first-order valence-electron chi connectivity index (χ1n) is 8.09. The maximum atomic E-state index is 13.2. The van der Waals surface area contributed by atoms with Crippen LogP contribution >= 0.6 is 11.6 Å². The molecular formula is C18H18ClFN4O3. The second kappa shape index (κ2) is 7.99. The summed E-state index contributed by atoms with van der Waals surface area (Å²) >= 11 is 6.47. The maximum absolute atomic E-state index is 13.2. The quantitative estimate of drug-likeness (QED) is 0.652. The van der Waals surface area contributed by atoms with Gasteiger partial charge in [0.25, 0.3) is 5.91 Å². The molecule has 9 heteroatoms. The molecule has 0 saturated carbocycles. The molecule has 0 bridgehead atoms. The number of hydrogen-bond donors (Lipinski definition) is 1. The number of pyridine rings is 1. The van der Waals surface area contributed by atoms with E-state index in [-0.39, 0.29) is 22.9 Å². The number of ether oxygens (including phenoxy) is 2. The van der Waals surface area contributed by atoms with E-state index in [9.17, 15) is 9.18 Å². The smallest absolute Gasteiger partial charge is 0.254 e. The summed E-state index contributed by atoms with van der Waals surface area (Å²) in [5.41, 5.74) is 1.94. The van der Waals surface area contributed by atoms with E-state index in [1.54, 1.807) is 23.7 Å². The van der Waals surface area contributed by atoms with Crippen LogP contribution in [0.5, 0.6) is 0 Å². The summed E-state index contributed by atoms with van der Waals surface area (Å²) in [7, 11) is 2.96. The number of methoxy groups -OCH3 is 2. The van der Waals surface area contributed by atoms with E-state index < -0.39 is 12.2 Å². The largest absolute Gasteiger partial charge is 0.354 e. The lowest BCUT2D eigenvalue weighted by Crippen LogP contribution is -2.34. The van der Waals surface area contributed by atoms with Gasteiger partial charge in [-0.05, 0) is 31.2 Å². The average Bonchev–Trinajstić information content (AvgIpc) is 3.00. The Kier molecular flexibility index (Phi) is 5.69. The zero-order valence-corrected chi connectivity index (χ0v) is 15.7. The molecule has 2 heterocycles. The predicted octanol–water partition coefficient (Wildman–Crippen LogP) is 2.87. The third-order valence-corrected chi connectivity index (χ3v) is 4.47. The van der Waals surface area contributed by atoms with Crippen LogP contribution in [0, 0.1) is 12.7 Å². The summed E-state index contributed by atoms with van der Waals surface area (Å²) in [6.45, 7) is 1.93. The van der Waals surface area contributed by atoms with Gasteiger partial charge in [0, 0.05) is 20.4 Å². The van der Waals surface area contributed by atoms with Gasteiger partial charge in [-0.25, -0.2) is 14.1 Å². The van der Waals surface area contributed by atoms with Gasteiger partial charge in [0.05, 0.1) is 33.9 Å². The number of nitrogens with one attached hydrogen (secondary N) is 1. The maximum Gasteiger partial charge on any atom is 0.254 e. The second-order valence-electron chi connectivity index (χ2n) is 5.77. The summed E-state index contributed by atoms with van der Waals surface area (Å²) in [5.74, 6) is -0.746. The van der Waals surface area contributed by atoms with Crippen molar-refractivity contribution >= 4 is 28.5 Å². The molecule has 2 aromatic heterocycles. The number of hydrogen-bond acceptors (Lipinski definition) is 5. The van der Waals surface area contributed by atoms with E-state index in [0.29, 0.717) is 22.4 Å². The summed E-state index contributed by atoms with van der Waals surface area (Å²) < 4.78 is 24.8. The molecule has 0 radical (unpaired) electrons. The highest BCUT2D eigenvalue weighted by Crippen LogP contribution is 2.30. The highest BCUT2D eigenvalue weighted by atomic mass is 35.5. The van der Waals surface area contributed by atoms with Crippen molar-refractivity contribution in [1.29, 1.82) is 0 Å². The lowest BCUT2D eigenvalue weighted by atomic mass is 10.2. The minimum Gasteiger partial charge on any atom is -0.354 e. The molecule has 7 nitrogen and oxygen atoms in total. The van der Waals surface area contributed by atoms with Crippen LogP contribution in [-0.2, 0) is 9.47 Å². The van der Waals surface area contributed by atoms with Crippen molar-refractivity contribution in [3.63, 3.8) is 0 Å². The number of aryl methyl sites for hydroxylation is 1. The Morgan fingerprint density at radius 3 is 2.59 bits per heavy atom. The third kappa shape index (κ3) is 3.78. The zero-order valence-electron chi connectivity index (χ0n) is 15.0. The Balaban J connectivity index is 1.97. The Morgan fingerprint density at radius 2 is 1.96 bits per heavy atom. The highest BCUT2D eigenvalue weighted by molar-refractivity contribution is 6.38. The van der Waals surface area contributed by atoms with E-state index in [0.717, 1.165) is 0 Å². The van der Waals surface area contributed by atoms with Crippen LogP contribution in [0.1, 0.15) is 16.1 Å². The molecule has 1 aromatic carbocycles. The van der Waals surface area contributed by atoms with Crippen molar-refractivity contribution in [2.45, 2.75) is 13.2 Å². The summed E-state index contributed by atoms with van der Waals surface area (Å²) in [6.07, 6.45) is 0.822. The van der Waals surface area contributed by atoms with Crippen molar-refractivity contribution in [2.24, 2.45) is 0 Å². The number of rotatable bonds is 6. The van der Waals surface area contributed by atoms with Crippen LogP contribution in [0.15, 0.2) is 30.5 Å². The Labute approximate surface area is 160 Å². The summed E-state index contributed by atoms with van der Waals surface area (Å²) in [5, 5.41) is 7.92. The van der Waals surface area contributed by atoms with E-state index in [2.05, 4.69) is 15.4 Å². The first-order chi connectivity index (χ1) is 13.0. The van der Waals surface area contributed by atoms with Gasteiger partial charge in [0.2, 0.25) is 0 Å². The van der Waals surface area contributed by atoms with Gasteiger partial charge in [-0.15, -0.1) is 0 Å². The van der Waals surface area contributed by atoms with Gasteiger partial charge in [-0.1, -0.05) is 11.6 Å². The van der Waals surface area contributed by atoms with E-state index in [1.807, 2.05) is 0 Å². The lowest BCUT2D eigenvalue weighted by Gasteiger charge is -2.14. The fraction of sp³-hybridized carbons (Fsp3) is 0.278. The standard InChI is InChI=1S/C18H18ClFN4O3/c1-10-15-16(19)13(18(25)22-9-14(26-2)27-3)8-21-17(15)24(23-10)12-6-4-11(20)5-7-12/h4-8,14H,9H2,1-3H3,(H,22,25). The van der Waals surface area contributed by atoms with E-state index in [1.165, 1.54) is 32.5 Å². The van der Waals surface area contributed by atoms with Crippen molar-refractivity contribution in [1.82, 2.24) is 20.1 Å². The van der Waals surface area contributed by atoms with Crippen LogP contribution in [0.25, 0.3) is 16.7 Å². The summed E-state index contributed by atoms with van der Waals surface area (Å²) in [6, 6.07) is 5.85. The van der Waals surface area contributed by atoms with Gasteiger partial charge < -0.3 is 14.8 Å². The van der Waals surface area contributed by atoms with Gasteiger partial charge in [0.1, 0.15) is 5.82 Å². The molecule has 0 unspecified atom stereocenters. The number of benzene rings is 1. The van der Waals surface area contributed by atoms with Gasteiger partial charge in [-0.2, -0.15) is 5.10 Å². The molecule has 27 heavy (non-hydrogen) atoms. The second-order valence-corrected chi connectivity index (χ2v) is 6.15. The topological polar surface area (TPSA) is 78.3 Å². The fourth-order valence-electron chi connectivity index (χ4n) is 2.66. The third-order valence-electron chi connectivity index (χ3n) is 4.08. The SMILES string of the molecule is COC(CNC(=O)c1cnc2c(c(C)nn2-c2ccc(F)cc2)c1Cl)OC. The number of nitrogens with zero attached hydrogens (tertiary/aromatic N) is 3. The predicted molar refractivity (Wildman–Crippen MR) is 98.7 cm³/mol. The molecule has 0 saturated heterocycles. The van der Waals surface area contributed by atoms with Gasteiger partial charge >= 0.3 is 0 Å². The monoisotopic (exact) mass is 392 g/mol. The number of fused-ring (bicyclic) bond motifs is 1. The van der Waals surface area contributed by atoms with Crippen LogP contribution < -0.4 is 5.32 Å². The highest BCUT2D eigenvalue weighted by Gasteiger charge is 2.20. The fourth-order valence-corrected chi connectivity index (χ4v) is 3.02. The molecule has 0 atom stereocenters. The number of halogens is 2. The molecule has 0 aliphatic carbocycles. The van der Waals surface area contributed by atoms with E-state index in [4.69, 9.17) is 21.1 Å². The van der Waals surface area contributed by atoms with Crippen LogP contribution in [0.2, 0.25) is 5.02 Å². The number of aromatic nitrogens is 3. The van der Waals surface area contributed by atoms with Crippen LogP contribution in [0.3, 0.4) is 0 Å². The minimum atomic E-state index is -0.563.